The molecule has 0 bridgehead atoms. The van der Waals surface area contributed by atoms with E-state index < -0.39 is 0 Å². The van der Waals surface area contributed by atoms with Crippen LogP contribution in [0.1, 0.15) is 0 Å². The molecule has 0 atom stereocenters. The van der Waals surface area contributed by atoms with Crippen molar-refractivity contribution in [2.24, 2.45) is 9.98 Å². The summed E-state index contributed by atoms with van der Waals surface area (Å²) in [5.41, 5.74) is 0. The Hall–Kier alpha value is -1.40. The van der Waals surface area contributed by atoms with Crippen LogP contribution in [-0.2, 0) is 0 Å². The zero-order valence-electron chi connectivity index (χ0n) is 11.0. The van der Waals surface area contributed by atoms with E-state index in [2.05, 4.69) is 37.8 Å². The van der Waals surface area contributed by atoms with Gasteiger partial charge in [-0.2, -0.15) is 0 Å². The van der Waals surface area contributed by atoms with Gasteiger partial charge in [-0.15, -0.1) is 0 Å². The second-order valence-corrected chi connectivity index (χ2v) is 5.36. The number of amidine groups is 1. The molecule has 1 aromatic carbocycles. The van der Waals surface area contributed by atoms with Crippen LogP contribution in [0.5, 0.6) is 0 Å². The molecule has 1 aromatic rings. The van der Waals surface area contributed by atoms with E-state index >= 15 is 0 Å². The van der Waals surface area contributed by atoms with Crippen molar-refractivity contribution < 1.29 is 4.39 Å². The monoisotopic (exact) mass is 355 g/mol. The van der Waals surface area contributed by atoms with Gasteiger partial charge in [-0.1, -0.05) is 40.3 Å². The third-order valence-electron chi connectivity index (χ3n) is 2.08. The van der Waals surface area contributed by atoms with E-state index in [1.54, 1.807) is 24.6 Å². The molecule has 0 amide bonds. The van der Waals surface area contributed by atoms with Crippen LogP contribution in [-0.4, -0.2) is 24.5 Å². The highest BCUT2D eigenvalue weighted by Crippen LogP contribution is 2.09. The van der Waals surface area contributed by atoms with Crippen molar-refractivity contribution in [2.45, 2.75) is 0 Å². The molecule has 0 fully saturated rings. The molecule has 0 aliphatic carbocycles. The Morgan fingerprint density at radius 1 is 1.60 bits per heavy atom. The Morgan fingerprint density at radius 2 is 2.40 bits per heavy atom. The summed E-state index contributed by atoms with van der Waals surface area (Å²) in [6.07, 6.45) is 3.83. The fourth-order valence-corrected chi connectivity index (χ4v) is 2.13. The molecule has 1 N–H and O–H groups in total. The second kappa shape index (κ2) is 9.50. The molecule has 0 saturated carbocycles. The topological polar surface area (TPSA) is 36.8 Å². The van der Waals surface area contributed by atoms with Gasteiger partial charge in [0.25, 0.3) is 0 Å². The van der Waals surface area contributed by atoms with Gasteiger partial charge in [-0.3, -0.25) is 9.98 Å². The summed E-state index contributed by atoms with van der Waals surface area (Å²) in [4.78, 5) is 8.32. The van der Waals surface area contributed by atoms with Gasteiger partial charge in [0, 0.05) is 17.7 Å². The SMILES string of the molecule is C=CSC(=NC)C1=NCC=CN1.Fc1cccc(Br)c1. The first kappa shape index (κ1) is 16.7. The highest BCUT2D eigenvalue weighted by Gasteiger charge is 2.06. The maximum absolute atomic E-state index is 12.1. The average Bonchev–Trinajstić information content (AvgIpc) is 2.46. The third-order valence-corrected chi connectivity index (χ3v) is 3.34. The predicted molar refractivity (Wildman–Crippen MR) is 89.8 cm³/mol. The van der Waals surface area contributed by atoms with Crippen molar-refractivity contribution in [2.75, 3.05) is 13.6 Å². The van der Waals surface area contributed by atoms with Gasteiger partial charge in [0.2, 0.25) is 0 Å². The Labute approximate surface area is 130 Å². The number of benzene rings is 1. The molecule has 0 saturated heterocycles. The number of aliphatic imine (C=N–C) groups is 2. The number of nitrogens with one attached hydrogen (secondary N) is 1. The van der Waals surface area contributed by atoms with E-state index in [0.717, 1.165) is 21.9 Å². The molecule has 20 heavy (non-hydrogen) atoms. The van der Waals surface area contributed by atoms with Crippen LogP contribution in [0, 0.1) is 5.82 Å². The molecule has 2 rings (SSSR count). The number of hydrogen-bond acceptors (Lipinski definition) is 4. The molecule has 106 valence electrons. The molecule has 3 nitrogen and oxygen atoms in total. The summed E-state index contributed by atoms with van der Waals surface area (Å²) < 4.78 is 12.9. The molecular weight excluding hydrogens is 341 g/mol. The quantitative estimate of drug-likeness (QED) is 0.643. The highest BCUT2D eigenvalue weighted by atomic mass is 79.9. The summed E-state index contributed by atoms with van der Waals surface area (Å²) >= 11 is 4.59. The first-order valence-corrected chi connectivity index (χ1v) is 7.46. The van der Waals surface area contributed by atoms with Gasteiger partial charge in [0.1, 0.15) is 10.9 Å². The average molecular weight is 356 g/mol. The summed E-state index contributed by atoms with van der Waals surface area (Å²) in [5, 5.41) is 5.64. The van der Waals surface area contributed by atoms with Crippen LogP contribution < -0.4 is 5.32 Å². The van der Waals surface area contributed by atoms with E-state index in [9.17, 15) is 4.39 Å². The van der Waals surface area contributed by atoms with E-state index in [0.29, 0.717) is 0 Å². The van der Waals surface area contributed by atoms with Crippen LogP contribution >= 0.6 is 27.7 Å². The Balaban J connectivity index is 0.000000217. The highest BCUT2D eigenvalue weighted by molar-refractivity contribution is 9.10. The second-order valence-electron chi connectivity index (χ2n) is 3.49. The number of thioether (sulfide) groups is 1. The van der Waals surface area contributed by atoms with Gasteiger partial charge < -0.3 is 5.32 Å². The van der Waals surface area contributed by atoms with Crippen molar-refractivity contribution >= 4 is 38.6 Å². The van der Waals surface area contributed by atoms with Crippen molar-refractivity contribution in [3.63, 3.8) is 0 Å². The maximum atomic E-state index is 12.1. The minimum absolute atomic E-state index is 0.209. The van der Waals surface area contributed by atoms with E-state index in [4.69, 9.17) is 0 Å². The first-order chi connectivity index (χ1) is 9.67. The van der Waals surface area contributed by atoms with Gasteiger partial charge in [0.15, 0.2) is 5.84 Å². The molecule has 1 aliphatic rings. The Kier molecular flexibility index (Phi) is 7.91. The zero-order chi connectivity index (χ0) is 14.8. The van der Waals surface area contributed by atoms with E-state index in [1.165, 1.54) is 23.9 Å². The third kappa shape index (κ3) is 6.16. The molecule has 6 heteroatoms. The number of nitrogens with zero attached hydrogens (tertiary/aromatic N) is 2. The van der Waals surface area contributed by atoms with Crippen LogP contribution in [0.15, 0.2) is 63.0 Å². The van der Waals surface area contributed by atoms with Crippen LogP contribution in [0.2, 0.25) is 0 Å². The summed E-state index contributed by atoms with van der Waals surface area (Å²) in [6.45, 7) is 4.35. The van der Waals surface area contributed by atoms with Crippen molar-refractivity contribution in [1.29, 1.82) is 0 Å². The van der Waals surface area contributed by atoms with E-state index in [1.807, 2.05) is 12.3 Å². The normalized spacial score (nSPS) is 13.8. The lowest BCUT2D eigenvalue weighted by Gasteiger charge is -2.09. The van der Waals surface area contributed by atoms with Crippen LogP contribution in [0.3, 0.4) is 0 Å². The summed E-state index contributed by atoms with van der Waals surface area (Å²) in [7, 11) is 1.74. The minimum atomic E-state index is -0.209. The predicted octanol–water partition coefficient (Wildman–Crippen LogP) is 4.00. The first-order valence-electron chi connectivity index (χ1n) is 5.79. The van der Waals surface area contributed by atoms with E-state index in [-0.39, 0.29) is 5.82 Å². The summed E-state index contributed by atoms with van der Waals surface area (Å²) in [5.74, 6) is 0.615. The van der Waals surface area contributed by atoms with Gasteiger partial charge >= 0.3 is 0 Å². The lowest BCUT2D eigenvalue weighted by molar-refractivity contribution is 0.627. The summed E-state index contributed by atoms with van der Waals surface area (Å²) in [6, 6.07) is 6.26. The van der Waals surface area contributed by atoms with Crippen molar-refractivity contribution in [3.8, 4) is 0 Å². The maximum Gasteiger partial charge on any atom is 0.158 e. The molecule has 0 aromatic heterocycles. The minimum Gasteiger partial charge on any atom is -0.345 e. The molecule has 1 heterocycles. The molecule has 0 spiro atoms. The van der Waals surface area contributed by atoms with Gasteiger partial charge in [0.05, 0.1) is 6.54 Å². The Morgan fingerprint density at radius 3 is 2.85 bits per heavy atom. The smallest absolute Gasteiger partial charge is 0.158 e. The lowest BCUT2D eigenvalue weighted by Crippen LogP contribution is -2.27. The van der Waals surface area contributed by atoms with Crippen molar-refractivity contribution in [3.05, 3.63) is 58.8 Å². The largest absolute Gasteiger partial charge is 0.345 e. The zero-order valence-corrected chi connectivity index (χ0v) is 13.4. The number of halogens is 2. The molecule has 1 aliphatic heterocycles. The van der Waals surface area contributed by atoms with Gasteiger partial charge in [-0.25, -0.2) is 4.39 Å². The standard InChI is InChI=1S/C8H11N3S.C6H4BrF/c1-3-12-8(9-2)7-10-5-4-6-11-7;7-5-2-1-3-6(8)4-5/h3-5H,1,6H2,2H3,(H,10,11);1-4H. The fraction of sp³-hybridized carbons (Fsp3) is 0.143. The van der Waals surface area contributed by atoms with Crippen molar-refractivity contribution in [1.82, 2.24) is 5.32 Å². The molecular formula is C14H15BrFN3S. The van der Waals surface area contributed by atoms with Gasteiger partial charge in [-0.05, 0) is 29.7 Å². The number of hydrogen-bond donors (Lipinski definition) is 1. The lowest BCUT2D eigenvalue weighted by atomic mass is 10.4. The van der Waals surface area contributed by atoms with Crippen LogP contribution in [0.25, 0.3) is 0 Å². The molecule has 0 unspecified atom stereocenters. The Bertz CT molecular complexity index is 522. The fourth-order valence-electron chi connectivity index (χ4n) is 1.26. The molecule has 0 radical (unpaired) electrons. The number of rotatable bonds is 2. The van der Waals surface area contributed by atoms with Crippen LogP contribution in [0.4, 0.5) is 4.39 Å².